The molecule has 1 fully saturated rings. The van der Waals surface area contributed by atoms with E-state index in [1.54, 1.807) is 7.11 Å². The number of rotatable bonds is 6. The Morgan fingerprint density at radius 2 is 2.09 bits per heavy atom. The van der Waals surface area contributed by atoms with Crippen LogP contribution < -0.4 is 4.74 Å². The molecule has 1 saturated heterocycles. The Balaban J connectivity index is 1.92. The van der Waals surface area contributed by atoms with Crippen LogP contribution in [0.5, 0.6) is 5.75 Å². The second-order valence-corrected chi connectivity index (χ2v) is 7.43. The molecule has 0 aliphatic carbocycles. The van der Waals surface area contributed by atoms with Crippen molar-refractivity contribution in [3.63, 3.8) is 0 Å². The molecule has 2 rings (SSSR count). The van der Waals surface area contributed by atoms with Gasteiger partial charge in [0.05, 0.1) is 13.2 Å². The summed E-state index contributed by atoms with van der Waals surface area (Å²) in [6.07, 6.45) is 2.48. The Morgan fingerprint density at radius 3 is 2.74 bits per heavy atom. The quantitative estimate of drug-likeness (QED) is 0.799. The maximum Gasteiger partial charge on any atom is 0.223 e. The van der Waals surface area contributed by atoms with Gasteiger partial charge < -0.3 is 14.5 Å². The molecule has 0 unspecified atom stereocenters. The predicted molar refractivity (Wildman–Crippen MR) is 97.3 cm³/mol. The van der Waals surface area contributed by atoms with Crippen molar-refractivity contribution >= 4 is 17.7 Å². The first-order valence-electron chi connectivity index (χ1n) is 8.25. The van der Waals surface area contributed by atoms with Gasteiger partial charge >= 0.3 is 0 Å². The molecule has 1 heterocycles. The average molecular weight is 337 g/mol. The Hall–Kier alpha value is -1.20. The van der Waals surface area contributed by atoms with Gasteiger partial charge in [-0.05, 0) is 50.4 Å². The topological polar surface area (TPSA) is 32.8 Å². The normalized spacial score (nSPS) is 18.8. The van der Waals surface area contributed by atoms with Crippen molar-refractivity contribution in [2.24, 2.45) is 0 Å². The summed E-state index contributed by atoms with van der Waals surface area (Å²) in [5.74, 6) is 3.35. The highest BCUT2D eigenvalue weighted by Gasteiger charge is 2.25. The monoisotopic (exact) mass is 336 g/mol. The molecule has 1 amide bonds. The van der Waals surface area contributed by atoms with E-state index in [1.807, 2.05) is 36.0 Å². The van der Waals surface area contributed by atoms with E-state index in [4.69, 9.17) is 4.74 Å². The number of hydrogen-bond donors (Lipinski definition) is 0. The number of ether oxygens (including phenoxy) is 1. The molecule has 23 heavy (non-hydrogen) atoms. The van der Waals surface area contributed by atoms with Crippen LogP contribution >= 0.6 is 11.8 Å². The first-order valence-corrected chi connectivity index (χ1v) is 9.40. The van der Waals surface area contributed by atoms with Crippen LogP contribution in [0.3, 0.4) is 0 Å². The van der Waals surface area contributed by atoms with E-state index in [2.05, 4.69) is 23.9 Å². The lowest BCUT2D eigenvalue weighted by molar-refractivity contribution is -0.133. The maximum atomic E-state index is 12.7. The minimum absolute atomic E-state index is 0.287. The van der Waals surface area contributed by atoms with E-state index in [1.165, 1.54) is 5.56 Å². The van der Waals surface area contributed by atoms with Crippen LogP contribution in [0, 0.1) is 0 Å². The fourth-order valence-electron chi connectivity index (χ4n) is 2.92. The number of carbonyl (C=O) groups excluding carboxylic acids is 1. The summed E-state index contributed by atoms with van der Waals surface area (Å²) in [6.45, 7) is 1.84. The molecule has 1 aliphatic rings. The lowest BCUT2D eigenvalue weighted by Crippen LogP contribution is -2.46. The number of methoxy groups -OCH3 is 1. The van der Waals surface area contributed by atoms with Crippen LogP contribution in [0.4, 0.5) is 0 Å². The number of aryl methyl sites for hydroxylation is 1. The second kappa shape index (κ2) is 9.18. The summed E-state index contributed by atoms with van der Waals surface area (Å²) in [5.41, 5.74) is 1.19. The lowest BCUT2D eigenvalue weighted by Gasteiger charge is -2.31. The van der Waals surface area contributed by atoms with Crippen LogP contribution in [0.25, 0.3) is 0 Å². The van der Waals surface area contributed by atoms with Crippen LogP contribution in [0.1, 0.15) is 18.4 Å². The number of hydrogen-bond acceptors (Lipinski definition) is 4. The first kappa shape index (κ1) is 18.1. The molecule has 0 spiro atoms. The molecule has 0 aromatic heterocycles. The molecule has 1 aliphatic heterocycles. The number of benzene rings is 1. The van der Waals surface area contributed by atoms with Gasteiger partial charge in [0.15, 0.2) is 0 Å². The van der Waals surface area contributed by atoms with E-state index in [-0.39, 0.29) is 5.91 Å². The van der Waals surface area contributed by atoms with E-state index < -0.39 is 0 Å². The number of thioether (sulfide) groups is 1. The second-order valence-electron chi connectivity index (χ2n) is 6.28. The van der Waals surface area contributed by atoms with Crippen LogP contribution in [-0.4, -0.2) is 67.5 Å². The van der Waals surface area contributed by atoms with Crippen molar-refractivity contribution in [1.82, 2.24) is 9.80 Å². The van der Waals surface area contributed by atoms with Crippen molar-refractivity contribution in [3.05, 3.63) is 29.8 Å². The van der Waals surface area contributed by atoms with Crippen LogP contribution in [-0.2, 0) is 11.2 Å². The zero-order valence-electron chi connectivity index (χ0n) is 14.5. The highest BCUT2D eigenvalue weighted by atomic mass is 32.2. The Labute approximate surface area is 144 Å². The van der Waals surface area contributed by atoms with E-state index >= 15 is 0 Å². The molecule has 128 valence electrons. The van der Waals surface area contributed by atoms with E-state index in [0.29, 0.717) is 12.5 Å². The zero-order chi connectivity index (χ0) is 16.7. The summed E-state index contributed by atoms with van der Waals surface area (Å²) in [5, 5.41) is 0. The molecule has 0 saturated carbocycles. The van der Waals surface area contributed by atoms with Gasteiger partial charge in [-0.1, -0.05) is 12.1 Å². The smallest absolute Gasteiger partial charge is 0.223 e. The highest BCUT2D eigenvalue weighted by Crippen LogP contribution is 2.19. The Bertz CT molecular complexity index is 490. The molecule has 4 nitrogen and oxygen atoms in total. The Morgan fingerprint density at radius 1 is 1.35 bits per heavy atom. The minimum atomic E-state index is 0.287. The van der Waals surface area contributed by atoms with Crippen molar-refractivity contribution in [1.29, 1.82) is 0 Å². The maximum absolute atomic E-state index is 12.7. The third-order valence-corrected chi connectivity index (χ3v) is 5.32. The van der Waals surface area contributed by atoms with Crippen molar-refractivity contribution in [2.45, 2.75) is 25.3 Å². The van der Waals surface area contributed by atoms with E-state index in [9.17, 15) is 4.79 Å². The fraction of sp³-hybridized carbons (Fsp3) is 0.611. The summed E-state index contributed by atoms with van der Waals surface area (Å²) in [4.78, 5) is 17.0. The van der Waals surface area contributed by atoms with E-state index in [0.717, 1.165) is 43.2 Å². The third kappa shape index (κ3) is 5.74. The van der Waals surface area contributed by atoms with Crippen molar-refractivity contribution < 1.29 is 9.53 Å². The molecule has 0 bridgehead atoms. The van der Waals surface area contributed by atoms with Crippen LogP contribution in [0.15, 0.2) is 24.3 Å². The number of carbonyl (C=O) groups is 1. The fourth-order valence-corrected chi connectivity index (χ4v) is 3.97. The summed E-state index contributed by atoms with van der Waals surface area (Å²) >= 11 is 1.97. The molecule has 0 N–H and O–H groups in total. The van der Waals surface area contributed by atoms with Gasteiger partial charge in [0.2, 0.25) is 5.91 Å². The third-order valence-electron chi connectivity index (χ3n) is 4.12. The minimum Gasteiger partial charge on any atom is -0.497 e. The van der Waals surface area contributed by atoms with Gasteiger partial charge in [0, 0.05) is 25.3 Å². The largest absolute Gasteiger partial charge is 0.497 e. The number of nitrogens with zero attached hydrogens (tertiary/aromatic N) is 2. The summed E-state index contributed by atoms with van der Waals surface area (Å²) in [7, 11) is 5.83. The molecule has 0 radical (unpaired) electrons. The predicted octanol–water partition coefficient (Wildman–Crippen LogP) is 2.52. The van der Waals surface area contributed by atoms with Crippen LogP contribution in [0.2, 0.25) is 0 Å². The summed E-state index contributed by atoms with van der Waals surface area (Å²) < 4.78 is 5.17. The number of likely N-dealkylation sites (N-methyl/N-ethyl adjacent to an activating group) is 1. The molecular weight excluding hydrogens is 308 g/mol. The van der Waals surface area contributed by atoms with Gasteiger partial charge in [-0.3, -0.25) is 4.79 Å². The SMILES string of the molecule is COc1ccc(CCC(=O)N2CCCSC[C@H]2CN(C)C)cc1. The summed E-state index contributed by atoms with van der Waals surface area (Å²) in [6, 6.07) is 8.33. The van der Waals surface area contributed by atoms with Crippen molar-refractivity contribution in [3.8, 4) is 5.75 Å². The zero-order valence-corrected chi connectivity index (χ0v) is 15.3. The molecule has 1 aromatic carbocycles. The first-order chi connectivity index (χ1) is 11.1. The molecular formula is C18H28N2O2S. The standard InChI is InChI=1S/C18H28N2O2S/c1-19(2)13-16-14-23-12-4-11-20(16)18(21)10-7-15-5-8-17(22-3)9-6-15/h5-6,8-9,16H,4,7,10-14H2,1-3H3/t16-/m1/s1. The van der Waals surface area contributed by atoms with Crippen molar-refractivity contribution in [2.75, 3.05) is 45.8 Å². The van der Waals surface area contributed by atoms with Gasteiger partial charge in [0.1, 0.15) is 5.75 Å². The average Bonchev–Trinajstić information content (AvgIpc) is 2.78. The molecule has 1 atom stereocenters. The highest BCUT2D eigenvalue weighted by molar-refractivity contribution is 7.99. The van der Waals surface area contributed by atoms with Gasteiger partial charge in [-0.2, -0.15) is 11.8 Å². The van der Waals surface area contributed by atoms with Gasteiger partial charge in [-0.15, -0.1) is 0 Å². The molecule has 1 aromatic rings. The lowest BCUT2D eigenvalue weighted by atomic mass is 10.1. The number of amides is 1. The Kier molecular flexibility index (Phi) is 7.24. The van der Waals surface area contributed by atoms with Gasteiger partial charge in [0.25, 0.3) is 0 Å². The molecule has 5 heteroatoms. The van der Waals surface area contributed by atoms with Gasteiger partial charge in [-0.25, -0.2) is 0 Å².